The normalized spacial score (nSPS) is 14.4. The second-order valence-electron chi connectivity index (χ2n) is 9.78. The number of benzene rings is 1. The first-order valence-corrected chi connectivity index (χ1v) is 15.0. The van der Waals surface area contributed by atoms with Gasteiger partial charge in [0.2, 0.25) is 23.0 Å². The summed E-state index contributed by atoms with van der Waals surface area (Å²) < 4.78 is 17.1. The molecule has 1 aliphatic rings. The average Bonchev–Trinajstić information content (AvgIpc) is 3.22. The molecule has 3 N–H and O–H groups in total. The minimum Gasteiger partial charge on any atom is -0.493 e. The Morgan fingerprint density at radius 1 is 1.07 bits per heavy atom. The third kappa shape index (κ3) is 6.79. The van der Waals surface area contributed by atoms with E-state index in [1.54, 1.807) is 56.4 Å². The Hall–Kier alpha value is -4.25. The Labute approximate surface area is 249 Å². The van der Waals surface area contributed by atoms with Crippen LogP contribution >= 0.6 is 11.8 Å². The molecule has 0 aliphatic heterocycles. The summed E-state index contributed by atoms with van der Waals surface area (Å²) in [5.74, 6) is 2.05. The van der Waals surface area contributed by atoms with Crippen molar-refractivity contribution in [2.75, 3.05) is 44.0 Å². The Morgan fingerprint density at radius 3 is 2.50 bits per heavy atom. The molecular formula is C31H36N4O6S. The van der Waals surface area contributed by atoms with Crippen LogP contribution in [0.25, 0.3) is 11.1 Å². The third-order valence-corrected chi connectivity index (χ3v) is 7.73. The molecule has 10 nitrogen and oxygen atoms in total. The maximum absolute atomic E-state index is 13.7. The zero-order chi connectivity index (χ0) is 30.2. The van der Waals surface area contributed by atoms with Gasteiger partial charge >= 0.3 is 0 Å². The highest BCUT2D eigenvalue weighted by Crippen LogP contribution is 2.50. The van der Waals surface area contributed by atoms with Gasteiger partial charge in [-0.1, -0.05) is 12.1 Å². The molecule has 1 heterocycles. The van der Waals surface area contributed by atoms with Crippen LogP contribution in [0.5, 0.6) is 17.2 Å². The fraction of sp³-hybridized carbons (Fsp3) is 0.355. The standard InChI is InChI=1S/C31H36N4O6S/c1-18(36)33-22-11-9-19-16-26(39-2)29(40-3)30(41-4)28(19)20-10-12-23(25(37)17-21(20)22)34-24(13-15-42-5)31(38)35-27-8-6-7-14-32-27/h6-8,10,12,14,16-17,22,24H,9,11,13,15H2,1-5H3,(H,33,36)(H,34,37)(H,32,35,38)/t22-,24+/m0/s1. The van der Waals surface area contributed by atoms with Crippen molar-refractivity contribution in [1.82, 2.24) is 10.3 Å². The monoisotopic (exact) mass is 592 g/mol. The molecule has 4 rings (SSSR count). The smallest absolute Gasteiger partial charge is 0.248 e. The van der Waals surface area contributed by atoms with Crippen LogP contribution in [0.2, 0.25) is 0 Å². The quantitative estimate of drug-likeness (QED) is 0.296. The number of anilines is 2. The molecular weight excluding hydrogens is 556 g/mol. The Bertz CT molecular complexity index is 1500. The van der Waals surface area contributed by atoms with E-state index in [9.17, 15) is 14.4 Å². The predicted octanol–water partition coefficient (Wildman–Crippen LogP) is 4.43. The van der Waals surface area contributed by atoms with Gasteiger partial charge in [0.05, 0.1) is 33.1 Å². The number of amides is 2. The number of carbonyl (C=O) groups is 2. The molecule has 11 heteroatoms. The van der Waals surface area contributed by atoms with E-state index in [1.165, 1.54) is 20.1 Å². The van der Waals surface area contributed by atoms with Gasteiger partial charge in [-0.3, -0.25) is 14.4 Å². The number of nitrogens with zero attached hydrogens (tertiary/aromatic N) is 1. The van der Waals surface area contributed by atoms with E-state index >= 15 is 0 Å². The van der Waals surface area contributed by atoms with Crippen molar-refractivity contribution in [1.29, 1.82) is 0 Å². The lowest BCUT2D eigenvalue weighted by Gasteiger charge is -2.19. The van der Waals surface area contributed by atoms with Crippen LogP contribution in [0.3, 0.4) is 0 Å². The highest BCUT2D eigenvalue weighted by molar-refractivity contribution is 7.98. The number of hydrogen-bond acceptors (Lipinski definition) is 9. The first kappa shape index (κ1) is 30.7. The molecule has 2 amide bonds. The molecule has 1 aliphatic carbocycles. The first-order chi connectivity index (χ1) is 20.3. The number of methoxy groups -OCH3 is 3. The van der Waals surface area contributed by atoms with Crippen LogP contribution in [-0.2, 0) is 16.0 Å². The fourth-order valence-corrected chi connectivity index (χ4v) is 5.64. The summed E-state index contributed by atoms with van der Waals surface area (Å²) in [4.78, 5) is 43.4. The first-order valence-electron chi connectivity index (χ1n) is 13.6. The van der Waals surface area contributed by atoms with Crippen LogP contribution in [0.15, 0.2) is 53.5 Å². The number of thioether (sulfide) groups is 1. The van der Waals surface area contributed by atoms with Crippen LogP contribution in [0, 0.1) is 0 Å². The van der Waals surface area contributed by atoms with Crippen molar-refractivity contribution in [2.24, 2.45) is 0 Å². The van der Waals surface area contributed by atoms with Crippen LogP contribution in [-0.4, -0.2) is 56.2 Å². The fourth-order valence-electron chi connectivity index (χ4n) is 5.17. The van der Waals surface area contributed by atoms with Gasteiger partial charge in [-0.15, -0.1) is 0 Å². The molecule has 0 fully saturated rings. The number of aryl methyl sites for hydroxylation is 1. The molecule has 0 spiro atoms. The van der Waals surface area contributed by atoms with Crippen LogP contribution in [0.1, 0.15) is 36.9 Å². The third-order valence-electron chi connectivity index (χ3n) is 7.09. The molecule has 3 aromatic rings. The highest BCUT2D eigenvalue weighted by atomic mass is 32.2. The summed E-state index contributed by atoms with van der Waals surface area (Å²) in [6.07, 6.45) is 5.19. The van der Waals surface area contributed by atoms with Crippen molar-refractivity contribution in [3.05, 3.63) is 70.0 Å². The maximum Gasteiger partial charge on any atom is 0.248 e. The highest BCUT2D eigenvalue weighted by Gasteiger charge is 2.30. The minimum atomic E-state index is -0.688. The summed E-state index contributed by atoms with van der Waals surface area (Å²) in [6.45, 7) is 1.45. The van der Waals surface area contributed by atoms with Gasteiger partial charge in [0.15, 0.2) is 11.5 Å². The number of pyridine rings is 1. The lowest BCUT2D eigenvalue weighted by Crippen LogP contribution is -2.36. The SMILES string of the molecule is COc1cc2c(c(OC)c1OC)-c1ccc(N[C@H](CCSC)C(=O)Nc3ccccn3)c(=O)cc1[C@@H](NC(C)=O)CC2. The number of hydrogen-bond donors (Lipinski definition) is 3. The largest absolute Gasteiger partial charge is 0.493 e. The van der Waals surface area contributed by atoms with E-state index in [2.05, 4.69) is 20.9 Å². The van der Waals surface area contributed by atoms with Crippen molar-refractivity contribution in [3.8, 4) is 28.4 Å². The molecule has 1 aromatic heterocycles. The second kappa shape index (κ2) is 14.1. The molecule has 222 valence electrons. The molecule has 0 unspecified atom stereocenters. The summed E-state index contributed by atoms with van der Waals surface area (Å²) in [5, 5.41) is 9.02. The van der Waals surface area contributed by atoms with Crippen LogP contribution in [0.4, 0.5) is 11.5 Å². The van der Waals surface area contributed by atoms with Gasteiger partial charge in [-0.2, -0.15) is 11.8 Å². The van der Waals surface area contributed by atoms with E-state index in [0.29, 0.717) is 59.2 Å². The summed E-state index contributed by atoms with van der Waals surface area (Å²) in [5.41, 5.74) is 2.99. The summed E-state index contributed by atoms with van der Waals surface area (Å²) in [7, 11) is 4.66. The van der Waals surface area contributed by atoms with Gasteiger partial charge in [-0.05, 0) is 78.3 Å². The van der Waals surface area contributed by atoms with Crippen LogP contribution < -0.4 is 35.6 Å². The van der Waals surface area contributed by atoms with E-state index in [0.717, 1.165) is 11.1 Å². The number of fused-ring (bicyclic) bond motifs is 3. The predicted molar refractivity (Wildman–Crippen MR) is 166 cm³/mol. The molecule has 0 radical (unpaired) electrons. The lowest BCUT2D eigenvalue weighted by atomic mass is 9.95. The number of nitrogens with one attached hydrogen (secondary N) is 3. The number of ether oxygens (including phenoxy) is 3. The topological polar surface area (TPSA) is 128 Å². The molecule has 0 bridgehead atoms. The van der Waals surface area contributed by atoms with Crippen molar-refractivity contribution in [3.63, 3.8) is 0 Å². The van der Waals surface area contributed by atoms with Gasteiger partial charge < -0.3 is 30.2 Å². The zero-order valence-corrected chi connectivity index (χ0v) is 25.2. The minimum absolute atomic E-state index is 0.209. The van der Waals surface area contributed by atoms with Gasteiger partial charge in [-0.25, -0.2) is 4.98 Å². The lowest BCUT2D eigenvalue weighted by molar-refractivity contribution is -0.120. The number of carbonyl (C=O) groups excluding carboxylic acids is 2. The Kier molecular flexibility index (Phi) is 10.3. The second-order valence-corrected chi connectivity index (χ2v) is 10.8. The van der Waals surface area contributed by atoms with Gasteiger partial charge in [0, 0.05) is 18.7 Å². The molecule has 2 aromatic carbocycles. The summed E-state index contributed by atoms with van der Waals surface area (Å²) in [6, 6.07) is 11.1. The van der Waals surface area contributed by atoms with E-state index in [1.807, 2.05) is 18.4 Å². The Morgan fingerprint density at radius 2 is 1.86 bits per heavy atom. The Balaban J connectivity index is 1.85. The number of rotatable bonds is 11. The van der Waals surface area contributed by atoms with E-state index in [4.69, 9.17) is 14.2 Å². The molecule has 0 saturated carbocycles. The average molecular weight is 593 g/mol. The zero-order valence-electron chi connectivity index (χ0n) is 24.4. The van der Waals surface area contributed by atoms with E-state index < -0.39 is 12.1 Å². The summed E-state index contributed by atoms with van der Waals surface area (Å²) >= 11 is 1.61. The molecule has 42 heavy (non-hydrogen) atoms. The van der Waals surface area contributed by atoms with E-state index in [-0.39, 0.29) is 22.9 Å². The molecule has 0 saturated heterocycles. The van der Waals surface area contributed by atoms with Gasteiger partial charge in [0.25, 0.3) is 0 Å². The van der Waals surface area contributed by atoms with Crippen molar-refractivity contribution >= 4 is 35.1 Å². The van der Waals surface area contributed by atoms with Crippen molar-refractivity contribution in [2.45, 2.75) is 38.3 Å². The molecule has 2 atom stereocenters. The van der Waals surface area contributed by atoms with Crippen molar-refractivity contribution < 1.29 is 23.8 Å². The number of aromatic nitrogens is 1. The van der Waals surface area contributed by atoms with Gasteiger partial charge in [0.1, 0.15) is 11.9 Å². The maximum atomic E-state index is 13.7.